The molecule has 1 heterocycles. The molecule has 128 valence electrons. The normalized spacial score (nSPS) is 14.9. The lowest BCUT2D eigenvalue weighted by Gasteiger charge is -2.10. The Morgan fingerprint density at radius 3 is 2.75 bits per heavy atom. The molecule has 0 aliphatic heterocycles. The van der Waals surface area contributed by atoms with Gasteiger partial charge in [0.1, 0.15) is 5.69 Å². The fourth-order valence-corrected chi connectivity index (χ4v) is 3.46. The smallest absolute Gasteiger partial charge is 0.356 e. The molecule has 5 nitrogen and oxygen atoms in total. The number of hydrogen-bond acceptors (Lipinski definition) is 3. The van der Waals surface area contributed by atoms with Gasteiger partial charge in [0.2, 0.25) is 5.91 Å². The second-order valence-corrected chi connectivity index (χ2v) is 6.38. The van der Waals surface area contributed by atoms with Crippen LogP contribution >= 0.6 is 0 Å². The number of rotatable bonds is 6. The number of carbonyl (C=O) groups excluding carboxylic acids is 2. The fraction of sp³-hybridized carbons (Fsp3) is 0.474. The maximum absolute atomic E-state index is 12.4. The number of para-hydroxylation sites is 1. The predicted molar refractivity (Wildman–Crippen MR) is 94.1 cm³/mol. The molecule has 0 saturated heterocycles. The first-order valence-corrected chi connectivity index (χ1v) is 8.76. The lowest BCUT2D eigenvalue weighted by molar-refractivity contribution is -0.116. The van der Waals surface area contributed by atoms with Gasteiger partial charge in [0, 0.05) is 17.3 Å². The molecule has 2 N–H and O–H groups in total. The number of amides is 1. The van der Waals surface area contributed by atoms with E-state index in [0.29, 0.717) is 30.3 Å². The van der Waals surface area contributed by atoms with Crippen LogP contribution < -0.4 is 5.32 Å². The molecule has 1 aromatic carbocycles. The molecular weight excluding hydrogens is 304 g/mol. The van der Waals surface area contributed by atoms with Gasteiger partial charge in [0.05, 0.1) is 12.3 Å². The number of fused-ring (bicyclic) bond motifs is 1. The predicted octanol–water partition coefficient (Wildman–Crippen LogP) is 4.25. The van der Waals surface area contributed by atoms with Gasteiger partial charge in [-0.15, -0.1) is 0 Å². The topological polar surface area (TPSA) is 71.2 Å². The van der Waals surface area contributed by atoms with E-state index in [0.717, 1.165) is 17.3 Å². The summed E-state index contributed by atoms with van der Waals surface area (Å²) in [7, 11) is 0. The summed E-state index contributed by atoms with van der Waals surface area (Å²) in [6.07, 6.45) is 6.43. The van der Waals surface area contributed by atoms with Crippen molar-refractivity contribution in [1.82, 2.24) is 4.98 Å². The van der Waals surface area contributed by atoms with Crippen molar-refractivity contribution in [2.75, 3.05) is 11.9 Å². The Kier molecular flexibility index (Phi) is 5.18. The molecule has 1 aromatic heterocycles. The molecule has 1 amide bonds. The fourth-order valence-electron chi connectivity index (χ4n) is 3.46. The summed E-state index contributed by atoms with van der Waals surface area (Å²) in [4.78, 5) is 27.6. The van der Waals surface area contributed by atoms with Gasteiger partial charge in [-0.05, 0) is 25.3 Å². The minimum absolute atomic E-state index is 0.0443. The van der Waals surface area contributed by atoms with Gasteiger partial charge in [0.15, 0.2) is 0 Å². The molecular formula is C19H24N2O3. The zero-order valence-corrected chi connectivity index (χ0v) is 14.1. The van der Waals surface area contributed by atoms with Crippen LogP contribution in [-0.2, 0) is 9.53 Å². The quantitative estimate of drug-likeness (QED) is 0.779. The van der Waals surface area contributed by atoms with E-state index in [1.807, 2.05) is 24.3 Å². The lowest BCUT2D eigenvalue weighted by atomic mass is 10.0. The van der Waals surface area contributed by atoms with Gasteiger partial charge >= 0.3 is 5.97 Å². The summed E-state index contributed by atoms with van der Waals surface area (Å²) in [6, 6.07) is 7.55. The first-order chi connectivity index (χ1) is 11.7. The van der Waals surface area contributed by atoms with E-state index in [1.54, 1.807) is 6.92 Å². The van der Waals surface area contributed by atoms with Gasteiger partial charge in [-0.25, -0.2) is 4.79 Å². The number of benzene rings is 1. The summed E-state index contributed by atoms with van der Waals surface area (Å²) >= 11 is 0. The van der Waals surface area contributed by atoms with Crippen LogP contribution in [-0.4, -0.2) is 23.5 Å². The van der Waals surface area contributed by atoms with Crippen molar-refractivity contribution in [2.45, 2.75) is 45.4 Å². The van der Waals surface area contributed by atoms with Gasteiger partial charge in [-0.2, -0.15) is 0 Å². The minimum Gasteiger partial charge on any atom is -0.461 e. The van der Waals surface area contributed by atoms with Crippen LogP contribution in [0.5, 0.6) is 0 Å². The lowest BCUT2D eigenvalue weighted by Crippen LogP contribution is -2.16. The van der Waals surface area contributed by atoms with Crippen LogP contribution in [0.4, 0.5) is 5.69 Å². The first kappa shape index (κ1) is 16.6. The highest BCUT2D eigenvalue weighted by molar-refractivity contribution is 6.10. The van der Waals surface area contributed by atoms with Crippen LogP contribution in [0, 0.1) is 5.92 Å². The highest BCUT2D eigenvalue weighted by atomic mass is 16.5. The van der Waals surface area contributed by atoms with E-state index >= 15 is 0 Å². The SMILES string of the molecule is CCOC(=O)c1[nH]c2ccccc2c1NC(=O)CCC1CCCC1. The molecule has 1 saturated carbocycles. The summed E-state index contributed by atoms with van der Waals surface area (Å²) in [5.41, 5.74) is 1.65. The molecule has 1 aliphatic rings. The molecule has 3 rings (SSSR count). The molecule has 24 heavy (non-hydrogen) atoms. The number of ether oxygens (including phenoxy) is 1. The van der Waals surface area contributed by atoms with Crippen LogP contribution in [0.3, 0.4) is 0 Å². The minimum atomic E-state index is -0.445. The van der Waals surface area contributed by atoms with E-state index in [9.17, 15) is 9.59 Å². The van der Waals surface area contributed by atoms with Crippen LogP contribution in [0.15, 0.2) is 24.3 Å². The largest absolute Gasteiger partial charge is 0.461 e. The van der Waals surface area contributed by atoms with Crippen molar-refractivity contribution in [3.8, 4) is 0 Å². The Bertz CT molecular complexity index is 729. The van der Waals surface area contributed by atoms with Crippen LogP contribution in [0.1, 0.15) is 55.9 Å². The number of carbonyl (C=O) groups is 2. The Morgan fingerprint density at radius 2 is 2.00 bits per heavy atom. The number of esters is 1. The van der Waals surface area contributed by atoms with Crippen molar-refractivity contribution in [3.05, 3.63) is 30.0 Å². The van der Waals surface area contributed by atoms with Crippen molar-refractivity contribution >= 4 is 28.5 Å². The highest BCUT2D eigenvalue weighted by Crippen LogP contribution is 2.30. The Morgan fingerprint density at radius 1 is 1.25 bits per heavy atom. The van der Waals surface area contributed by atoms with E-state index in [1.165, 1.54) is 25.7 Å². The molecule has 0 atom stereocenters. The van der Waals surface area contributed by atoms with E-state index < -0.39 is 5.97 Å². The molecule has 5 heteroatoms. The summed E-state index contributed by atoms with van der Waals surface area (Å²) in [6.45, 7) is 2.06. The third-order valence-electron chi connectivity index (χ3n) is 4.70. The van der Waals surface area contributed by atoms with Crippen LogP contribution in [0.2, 0.25) is 0 Å². The Balaban J connectivity index is 1.77. The first-order valence-electron chi connectivity index (χ1n) is 8.76. The van der Waals surface area contributed by atoms with E-state index in [-0.39, 0.29) is 5.91 Å². The standard InChI is InChI=1S/C19H24N2O3/c1-2-24-19(23)18-17(14-9-5-6-10-15(14)20-18)21-16(22)12-11-13-7-3-4-8-13/h5-6,9-10,13,20H,2-4,7-8,11-12H2,1H3,(H,21,22). The third-order valence-corrected chi connectivity index (χ3v) is 4.70. The van der Waals surface area contributed by atoms with Crippen molar-refractivity contribution < 1.29 is 14.3 Å². The van der Waals surface area contributed by atoms with Gasteiger partial charge in [-0.3, -0.25) is 4.79 Å². The monoisotopic (exact) mass is 328 g/mol. The second kappa shape index (κ2) is 7.51. The highest BCUT2D eigenvalue weighted by Gasteiger charge is 2.21. The molecule has 2 aromatic rings. The molecule has 0 radical (unpaired) electrons. The zero-order chi connectivity index (χ0) is 16.9. The van der Waals surface area contributed by atoms with Gasteiger partial charge in [-0.1, -0.05) is 43.9 Å². The van der Waals surface area contributed by atoms with E-state index in [2.05, 4.69) is 10.3 Å². The Hall–Kier alpha value is -2.30. The van der Waals surface area contributed by atoms with Gasteiger partial charge < -0.3 is 15.0 Å². The molecule has 0 bridgehead atoms. The summed E-state index contributed by atoms with van der Waals surface area (Å²) in [5, 5.41) is 3.75. The van der Waals surface area contributed by atoms with Crippen LogP contribution in [0.25, 0.3) is 10.9 Å². The molecule has 1 aliphatic carbocycles. The maximum atomic E-state index is 12.4. The number of anilines is 1. The molecule has 1 fully saturated rings. The van der Waals surface area contributed by atoms with Crippen molar-refractivity contribution in [2.24, 2.45) is 5.92 Å². The number of aromatic nitrogens is 1. The number of aromatic amines is 1. The number of hydrogen-bond donors (Lipinski definition) is 2. The molecule has 0 unspecified atom stereocenters. The average Bonchev–Trinajstić information content (AvgIpc) is 3.21. The van der Waals surface area contributed by atoms with Gasteiger partial charge in [0.25, 0.3) is 0 Å². The third kappa shape index (κ3) is 3.61. The second-order valence-electron chi connectivity index (χ2n) is 6.38. The summed E-state index contributed by atoms with van der Waals surface area (Å²) in [5.74, 6) is 0.181. The average molecular weight is 328 g/mol. The van der Waals surface area contributed by atoms with Crippen molar-refractivity contribution in [1.29, 1.82) is 0 Å². The number of nitrogens with one attached hydrogen (secondary N) is 2. The maximum Gasteiger partial charge on any atom is 0.356 e. The number of H-pyrrole nitrogens is 1. The van der Waals surface area contributed by atoms with Crippen molar-refractivity contribution in [3.63, 3.8) is 0 Å². The van der Waals surface area contributed by atoms with E-state index in [4.69, 9.17) is 4.74 Å². The Labute approximate surface area is 141 Å². The molecule has 0 spiro atoms. The summed E-state index contributed by atoms with van der Waals surface area (Å²) < 4.78 is 5.10. The zero-order valence-electron chi connectivity index (χ0n) is 14.1.